The van der Waals surface area contributed by atoms with Crippen molar-refractivity contribution >= 4 is 11.6 Å². The van der Waals surface area contributed by atoms with Crippen LogP contribution >= 0.6 is 0 Å². The number of nitrogens with one attached hydrogen (secondary N) is 1. The number of ether oxygens (including phenoxy) is 2. The van der Waals surface area contributed by atoms with Crippen molar-refractivity contribution < 1.29 is 14.3 Å². The van der Waals surface area contributed by atoms with Gasteiger partial charge in [-0.1, -0.05) is 25.1 Å². The van der Waals surface area contributed by atoms with E-state index in [4.69, 9.17) is 9.47 Å². The molecule has 132 valence electrons. The van der Waals surface area contributed by atoms with Gasteiger partial charge in [0.25, 0.3) is 5.91 Å². The van der Waals surface area contributed by atoms with Crippen molar-refractivity contribution in [1.29, 1.82) is 0 Å². The highest BCUT2D eigenvalue weighted by molar-refractivity contribution is 6.04. The van der Waals surface area contributed by atoms with Gasteiger partial charge in [0.05, 0.1) is 6.61 Å². The van der Waals surface area contributed by atoms with Crippen molar-refractivity contribution in [1.82, 2.24) is 0 Å². The molecule has 0 spiro atoms. The number of hydrogen-bond donors (Lipinski definition) is 1. The summed E-state index contributed by atoms with van der Waals surface area (Å²) in [5, 5.41) is 2.88. The molecular formula is C22H21NO3. The quantitative estimate of drug-likeness (QED) is 0.612. The molecule has 4 nitrogen and oxygen atoms in total. The van der Waals surface area contributed by atoms with E-state index in [-0.39, 0.29) is 5.91 Å². The van der Waals surface area contributed by atoms with E-state index in [0.29, 0.717) is 23.6 Å². The maximum absolute atomic E-state index is 12.3. The zero-order valence-electron chi connectivity index (χ0n) is 14.6. The fourth-order valence-electron chi connectivity index (χ4n) is 2.36. The summed E-state index contributed by atoms with van der Waals surface area (Å²) in [6.45, 7) is 2.72. The predicted molar refractivity (Wildman–Crippen MR) is 103 cm³/mol. The molecule has 3 aromatic rings. The van der Waals surface area contributed by atoms with Gasteiger partial charge in [-0.25, -0.2) is 0 Å². The average Bonchev–Trinajstić information content (AvgIpc) is 2.69. The molecule has 0 fully saturated rings. The van der Waals surface area contributed by atoms with Gasteiger partial charge in [0.1, 0.15) is 17.2 Å². The number of carbonyl (C=O) groups is 1. The Kier molecular flexibility index (Phi) is 5.88. The van der Waals surface area contributed by atoms with Crippen LogP contribution in [0.4, 0.5) is 5.69 Å². The predicted octanol–water partition coefficient (Wildman–Crippen LogP) is 5.52. The molecule has 0 unspecified atom stereocenters. The largest absolute Gasteiger partial charge is 0.494 e. The Hall–Kier alpha value is -3.27. The molecule has 0 aliphatic carbocycles. The summed E-state index contributed by atoms with van der Waals surface area (Å²) >= 11 is 0. The number of rotatable bonds is 7. The molecule has 1 N–H and O–H groups in total. The lowest BCUT2D eigenvalue weighted by Gasteiger charge is -2.09. The first-order valence-electron chi connectivity index (χ1n) is 8.62. The average molecular weight is 347 g/mol. The molecule has 26 heavy (non-hydrogen) atoms. The van der Waals surface area contributed by atoms with E-state index in [9.17, 15) is 4.79 Å². The van der Waals surface area contributed by atoms with Crippen LogP contribution in [-0.2, 0) is 0 Å². The van der Waals surface area contributed by atoms with Gasteiger partial charge in [0.15, 0.2) is 0 Å². The van der Waals surface area contributed by atoms with Gasteiger partial charge in [-0.15, -0.1) is 0 Å². The molecule has 0 radical (unpaired) electrons. The lowest BCUT2D eigenvalue weighted by molar-refractivity contribution is 0.102. The first-order chi connectivity index (χ1) is 12.7. The van der Waals surface area contributed by atoms with Gasteiger partial charge in [0, 0.05) is 11.3 Å². The van der Waals surface area contributed by atoms with Gasteiger partial charge in [-0.05, 0) is 67.1 Å². The fraction of sp³-hybridized carbons (Fsp3) is 0.136. The highest BCUT2D eigenvalue weighted by Crippen LogP contribution is 2.23. The van der Waals surface area contributed by atoms with Crippen molar-refractivity contribution in [2.45, 2.75) is 13.3 Å². The molecular weight excluding hydrogens is 326 g/mol. The van der Waals surface area contributed by atoms with Crippen LogP contribution in [0.5, 0.6) is 17.2 Å². The van der Waals surface area contributed by atoms with Crippen LogP contribution in [0.3, 0.4) is 0 Å². The summed E-state index contributed by atoms with van der Waals surface area (Å²) in [6.07, 6.45) is 0.951. The summed E-state index contributed by atoms with van der Waals surface area (Å²) in [5.74, 6) is 2.09. The highest BCUT2D eigenvalue weighted by atomic mass is 16.5. The van der Waals surface area contributed by atoms with Gasteiger partial charge in [-0.2, -0.15) is 0 Å². The summed E-state index contributed by atoms with van der Waals surface area (Å²) in [5.41, 5.74) is 1.29. The maximum Gasteiger partial charge on any atom is 0.255 e. The molecule has 3 aromatic carbocycles. The summed E-state index contributed by atoms with van der Waals surface area (Å²) < 4.78 is 11.3. The Morgan fingerprint density at radius 3 is 2.08 bits per heavy atom. The first kappa shape index (κ1) is 17.5. The lowest BCUT2D eigenvalue weighted by atomic mass is 10.2. The van der Waals surface area contributed by atoms with Crippen molar-refractivity contribution in [2.24, 2.45) is 0 Å². The summed E-state index contributed by atoms with van der Waals surface area (Å²) in [6, 6.07) is 24.0. The minimum Gasteiger partial charge on any atom is -0.494 e. The van der Waals surface area contributed by atoms with Crippen molar-refractivity contribution in [3.63, 3.8) is 0 Å². The molecule has 3 rings (SSSR count). The van der Waals surface area contributed by atoms with Gasteiger partial charge >= 0.3 is 0 Å². The lowest BCUT2D eigenvalue weighted by Crippen LogP contribution is -2.11. The molecule has 0 aromatic heterocycles. The number of benzene rings is 3. The monoisotopic (exact) mass is 347 g/mol. The summed E-state index contributed by atoms with van der Waals surface area (Å²) in [4.78, 5) is 12.3. The Labute approximate surface area is 153 Å². The highest BCUT2D eigenvalue weighted by Gasteiger charge is 2.07. The third kappa shape index (κ3) is 4.86. The van der Waals surface area contributed by atoms with Crippen LogP contribution in [0.1, 0.15) is 23.7 Å². The van der Waals surface area contributed by atoms with Crippen LogP contribution in [0, 0.1) is 0 Å². The molecule has 0 bridgehead atoms. The number of hydrogen-bond acceptors (Lipinski definition) is 3. The molecule has 1 amide bonds. The Balaban J connectivity index is 1.59. The molecule has 4 heteroatoms. The van der Waals surface area contributed by atoms with E-state index in [1.165, 1.54) is 0 Å². The smallest absolute Gasteiger partial charge is 0.255 e. The van der Waals surface area contributed by atoms with Crippen LogP contribution in [0.15, 0.2) is 78.9 Å². The molecule has 0 saturated carbocycles. The summed E-state index contributed by atoms with van der Waals surface area (Å²) in [7, 11) is 0. The van der Waals surface area contributed by atoms with Crippen molar-refractivity contribution in [3.8, 4) is 17.2 Å². The maximum atomic E-state index is 12.3. The van der Waals surface area contributed by atoms with Crippen LogP contribution in [-0.4, -0.2) is 12.5 Å². The number of carbonyl (C=O) groups excluding carboxylic acids is 1. The second-order valence-corrected chi connectivity index (χ2v) is 5.77. The first-order valence-corrected chi connectivity index (χ1v) is 8.62. The number of amides is 1. The second-order valence-electron chi connectivity index (χ2n) is 5.77. The molecule has 0 aliphatic heterocycles. The molecule has 0 heterocycles. The standard InChI is InChI=1S/C22H21NO3/c1-2-16-25-19-12-8-17(9-13-19)22(24)23-18-10-14-21(15-11-18)26-20-6-4-3-5-7-20/h3-15H,2,16H2,1H3,(H,23,24). The third-order valence-electron chi connectivity index (χ3n) is 3.68. The Bertz CT molecular complexity index is 828. The van der Waals surface area contributed by atoms with E-state index >= 15 is 0 Å². The minimum atomic E-state index is -0.163. The van der Waals surface area contributed by atoms with Crippen molar-refractivity contribution in [2.75, 3.05) is 11.9 Å². The van der Waals surface area contributed by atoms with Gasteiger partial charge in [0.2, 0.25) is 0 Å². The molecule has 0 saturated heterocycles. The normalized spacial score (nSPS) is 10.2. The Morgan fingerprint density at radius 1 is 0.808 bits per heavy atom. The number of para-hydroxylation sites is 1. The zero-order valence-corrected chi connectivity index (χ0v) is 14.6. The van der Waals surface area contributed by atoms with Crippen molar-refractivity contribution in [3.05, 3.63) is 84.4 Å². The third-order valence-corrected chi connectivity index (χ3v) is 3.68. The topological polar surface area (TPSA) is 47.6 Å². The fourth-order valence-corrected chi connectivity index (χ4v) is 2.36. The molecule has 0 aliphatic rings. The zero-order chi connectivity index (χ0) is 18.2. The van der Waals surface area contributed by atoms with E-state index < -0.39 is 0 Å². The van der Waals surface area contributed by atoms with E-state index in [1.54, 1.807) is 24.3 Å². The molecule has 0 atom stereocenters. The number of anilines is 1. The minimum absolute atomic E-state index is 0.163. The SMILES string of the molecule is CCCOc1ccc(C(=O)Nc2ccc(Oc3ccccc3)cc2)cc1. The van der Waals surface area contributed by atoms with Gasteiger partial charge in [-0.3, -0.25) is 4.79 Å². The van der Waals surface area contributed by atoms with E-state index in [2.05, 4.69) is 12.2 Å². The second kappa shape index (κ2) is 8.72. The van der Waals surface area contributed by atoms with E-state index in [1.807, 2.05) is 54.6 Å². The Morgan fingerprint density at radius 2 is 1.42 bits per heavy atom. The van der Waals surface area contributed by atoms with Crippen LogP contribution in [0.2, 0.25) is 0 Å². The van der Waals surface area contributed by atoms with Gasteiger partial charge < -0.3 is 14.8 Å². The van der Waals surface area contributed by atoms with Crippen LogP contribution in [0.25, 0.3) is 0 Å². The van der Waals surface area contributed by atoms with Crippen LogP contribution < -0.4 is 14.8 Å². The van der Waals surface area contributed by atoms with E-state index in [0.717, 1.165) is 17.9 Å².